The van der Waals surface area contributed by atoms with Gasteiger partial charge < -0.3 is 19.4 Å². The second-order valence-corrected chi connectivity index (χ2v) is 11.0. The van der Waals surface area contributed by atoms with Gasteiger partial charge in [-0.3, -0.25) is 14.8 Å². The van der Waals surface area contributed by atoms with E-state index < -0.39 is 0 Å². The monoisotopic (exact) mass is 488 g/mol. The molecule has 0 spiro atoms. The van der Waals surface area contributed by atoms with Crippen molar-refractivity contribution in [2.75, 3.05) is 88.9 Å². The summed E-state index contributed by atoms with van der Waals surface area (Å²) >= 11 is 0. The van der Waals surface area contributed by atoms with E-state index in [0.29, 0.717) is 18.7 Å². The van der Waals surface area contributed by atoms with Crippen LogP contribution in [0.25, 0.3) is 11.1 Å². The van der Waals surface area contributed by atoms with E-state index >= 15 is 0 Å². The molecule has 0 N–H and O–H groups in total. The summed E-state index contributed by atoms with van der Waals surface area (Å²) in [5.41, 5.74) is 4.92. The second kappa shape index (κ2) is 10.0. The summed E-state index contributed by atoms with van der Waals surface area (Å²) < 4.78 is 6.19. The van der Waals surface area contributed by atoms with Crippen molar-refractivity contribution in [2.24, 2.45) is 4.99 Å². The molecule has 0 saturated carbocycles. The first-order valence-electron chi connectivity index (χ1n) is 13.6. The van der Waals surface area contributed by atoms with Crippen molar-refractivity contribution < 1.29 is 4.74 Å². The molecule has 192 valence electrons. The van der Waals surface area contributed by atoms with Gasteiger partial charge >= 0.3 is 0 Å². The molecule has 4 aliphatic heterocycles. The molecule has 1 atom stereocenters. The van der Waals surface area contributed by atoms with E-state index in [1.807, 2.05) is 0 Å². The van der Waals surface area contributed by atoms with Gasteiger partial charge in [-0.2, -0.15) is 0 Å². The molecule has 2 aromatic rings. The van der Waals surface area contributed by atoms with E-state index in [9.17, 15) is 0 Å². The summed E-state index contributed by atoms with van der Waals surface area (Å²) in [5, 5.41) is 0. The van der Waals surface area contributed by atoms with Gasteiger partial charge in [0, 0.05) is 77.2 Å². The maximum absolute atomic E-state index is 6.19. The molecule has 2 fully saturated rings. The lowest BCUT2D eigenvalue weighted by Crippen LogP contribution is -2.48. The molecule has 4 heterocycles. The van der Waals surface area contributed by atoms with Crippen LogP contribution in [-0.2, 0) is 0 Å². The maximum atomic E-state index is 6.19. The zero-order valence-corrected chi connectivity index (χ0v) is 22.1. The van der Waals surface area contributed by atoms with Crippen LogP contribution in [0.2, 0.25) is 0 Å². The molecule has 2 saturated heterocycles. The second-order valence-electron chi connectivity index (χ2n) is 11.0. The summed E-state index contributed by atoms with van der Waals surface area (Å²) in [4.78, 5) is 17.4. The van der Waals surface area contributed by atoms with E-state index in [-0.39, 0.29) is 0 Å². The number of rotatable bonds is 5. The number of piperazine rings is 2. The van der Waals surface area contributed by atoms with Crippen molar-refractivity contribution in [3.05, 3.63) is 42.5 Å². The highest BCUT2D eigenvalue weighted by atomic mass is 16.5. The van der Waals surface area contributed by atoms with Crippen molar-refractivity contribution in [1.82, 2.24) is 14.7 Å². The topological polar surface area (TPSA) is 37.8 Å². The molecule has 4 aliphatic rings. The first-order valence-corrected chi connectivity index (χ1v) is 13.6. The fourth-order valence-electron chi connectivity index (χ4n) is 5.95. The van der Waals surface area contributed by atoms with Crippen molar-refractivity contribution in [1.29, 1.82) is 0 Å². The Morgan fingerprint density at radius 3 is 2.33 bits per heavy atom. The number of fused-ring (bicyclic) bond motifs is 3. The molecule has 0 bridgehead atoms. The van der Waals surface area contributed by atoms with Crippen molar-refractivity contribution >= 4 is 17.2 Å². The van der Waals surface area contributed by atoms with E-state index in [1.54, 1.807) is 0 Å². The van der Waals surface area contributed by atoms with Gasteiger partial charge in [-0.05, 0) is 56.3 Å². The number of nitrogens with zero attached hydrogens (tertiary/aromatic N) is 6. The van der Waals surface area contributed by atoms with Crippen LogP contribution in [0.3, 0.4) is 0 Å². The number of ether oxygens (including phenoxy) is 1. The van der Waals surface area contributed by atoms with E-state index in [1.165, 1.54) is 16.8 Å². The lowest BCUT2D eigenvalue weighted by molar-refractivity contribution is 0.149. The highest BCUT2D eigenvalue weighted by Crippen LogP contribution is 2.38. The molecule has 0 aliphatic carbocycles. The number of likely N-dealkylation sites (N-methyl/N-ethyl adjacent to an activating group) is 1. The average molecular weight is 489 g/mol. The summed E-state index contributed by atoms with van der Waals surface area (Å²) in [5.74, 6) is 2.05. The summed E-state index contributed by atoms with van der Waals surface area (Å²) in [7, 11) is 2.21. The van der Waals surface area contributed by atoms with Crippen molar-refractivity contribution in [2.45, 2.75) is 25.9 Å². The largest absolute Gasteiger partial charge is 0.483 e. The fraction of sp³-hybridized carbons (Fsp3) is 0.552. The maximum Gasteiger partial charge on any atom is 0.146 e. The summed E-state index contributed by atoms with van der Waals surface area (Å²) in [6.07, 6.45) is 0. The molecule has 0 radical (unpaired) electrons. The number of aliphatic imine (C=N–C) groups is 1. The van der Waals surface area contributed by atoms with Gasteiger partial charge in [-0.15, -0.1) is 0 Å². The first-order chi connectivity index (χ1) is 17.5. The molecule has 7 heteroatoms. The minimum absolute atomic E-state index is 0.326. The Hall–Kier alpha value is -2.61. The van der Waals surface area contributed by atoms with Gasteiger partial charge in [-0.1, -0.05) is 18.2 Å². The van der Waals surface area contributed by atoms with Crippen molar-refractivity contribution in [3.8, 4) is 16.9 Å². The first kappa shape index (κ1) is 23.8. The fourth-order valence-corrected chi connectivity index (χ4v) is 5.95. The smallest absolute Gasteiger partial charge is 0.146 e. The third-order valence-corrected chi connectivity index (χ3v) is 8.32. The number of anilines is 2. The van der Waals surface area contributed by atoms with Gasteiger partial charge in [0.05, 0.1) is 11.7 Å². The minimum atomic E-state index is 0.326. The third kappa shape index (κ3) is 4.84. The van der Waals surface area contributed by atoms with Gasteiger partial charge in [0.1, 0.15) is 18.2 Å². The molecular formula is C29H40N6O. The number of hydrogen-bond donors (Lipinski definition) is 0. The third-order valence-electron chi connectivity index (χ3n) is 8.32. The van der Waals surface area contributed by atoms with Crippen LogP contribution in [0, 0.1) is 0 Å². The minimum Gasteiger partial charge on any atom is -0.483 e. The van der Waals surface area contributed by atoms with Gasteiger partial charge in [0.25, 0.3) is 0 Å². The predicted octanol–water partition coefficient (Wildman–Crippen LogP) is 3.11. The summed E-state index contributed by atoms with van der Waals surface area (Å²) in [6.45, 7) is 16.2. The lowest BCUT2D eigenvalue weighted by atomic mass is 10.0. The quantitative estimate of drug-likeness (QED) is 0.644. The molecule has 0 amide bonds. The SMILES string of the molecule is CC(C)N1CCN(c2ccc(-c3ccc4c(c3)OCC3=NC(CN5CCN(C)CC5)CN34)cc2)CC1. The van der Waals surface area contributed by atoms with Crippen LogP contribution < -0.4 is 14.5 Å². The molecule has 0 aromatic heterocycles. The molecule has 2 aromatic carbocycles. The Bertz CT molecular complexity index is 1080. The number of benzene rings is 2. The van der Waals surface area contributed by atoms with Gasteiger partial charge in [0.15, 0.2) is 0 Å². The number of amidine groups is 1. The van der Waals surface area contributed by atoms with Crippen LogP contribution in [0.4, 0.5) is 11.4 Å². The Morgan fingerprint density at radius 1 is 0.889 bits per heavy atom. The predicted molar refractivity (Wildman–Crippen MR) is 149 cm³/mol. The Balaban J connectivity index is 1.11. The molecule has 7 nitrogen and oxygen atoms in total. The van der Waals surface area contributed by atoms with Gasteiger partial charge in [0.2, 0.25) is 0 Å². The van der Waals surface area contributed by atoms with Crippen LogP contribution in [0.5, 0.6) is 5.75 Å². The summed E-state index contributed by atoms with van der Waals surface area (Å²) in [6, 6.07) is 16.7. The number of hydrogen-bond acceptors (Lipinski definition) is 7. The average Bonchev–Trinajstić information content (AvgIpc) is 3.33. The molecule has 6 rings (SSSR count). The highest BCUT2D eigenvalue weighted by molar-refractivity contribution is 6.03. The molecule has 1 unspecified atom stereocenters. The van der Waals surface area contributed by atoms with E-state index in [2.05, 4.69) is 87.9 Å². The Labute approximate surface area is 215 Å². The van der Waals surface area contributed by atoms with Crippen LogP contribution >= 0.6 is 0 Å². The zero-order chi connectivity index (χ0) is 24.6. The normalized spacial score (nSPS) is 23.4. The Kier molecular flexibility index (Phi) is 6.63. The lowest BCUT2D eigenvalue weighted by Gasteiger charge is -2.38. The molecule has 36 heavy (non-hydrogen) atoms. The van der Waals surface area contributed by atoms with E-state index in [0.717, 1.165) is 82.7 Å². The Morgan fingerprint density at radius 2 is 1.61 bits per heavy atom. The van der Waals surface area contributed by atoms with Crippen LogP contribution in [-0.4, -0.2) is 112 Å². The van der Waals surface area contributed by atoms with Crippen LogP contribution in [0.15, 0.2) is 47.5 Å². The van der Waals surface area contributed by atoms with E-state index in [4.69, 9.17) is 9.73 Å². The standard InChI is InChI=1S/C29H40N6O/c1-22(2)33-14-16-34(17-15-33)26-7-4-23(5-8-26)24-6-9-27-28(18-24)36-21-29-30-25(20-35(27)29)19-32-12-10-31(3)11-13-32/h4-9,18,22,25H,10-17,19-21H2,1-3H3. The van der Waals surface area contributed by atoms with Gasteiger partial charge in [-0.25, -0.2) is 0 Å². The zero-order valence-electron chi connectivity index (χ0n) is 22.1. The van der Waals surface area contributed by atoms with Crippen molar-refractivity contribution in [3.63, 3.8) is 0 Å². The highest BCUT2D eigenvalue weighted by Gasteiger charge is 2.33. The van der Waals surface area contributed by atoms with Crippen LogP contribution in [0.1, 0.15) is 13.8 Å². The molecular weight excluding hydrogens is 448 g/mol.